The molecule has 5 rings (SSSR count). The zero-order chi connectivity index (χ0) is 23.0. The number of pyridine rings is 1. The van der Waals surface area contributed by atoms with Crippen molar-refractivity contribution in [3.8, 4) is 10.6 Å². The quantitative estimate of drug-likeness (QED) is 0.510. The Hall–Kier alpha value is -2.16. The van der Waals surface area contributed by atoms with Gasteiger partial charge >= 0.3 is 0 Å². The van der Waals surface area contributed by atoms with Crippen molar-refractivity contribution in [1.82, 2.24) is 19.7 Å². The summed E-state index contributed by atoms with van der Waals surface area (Å²) < 4.78 is 9.29. The SMILES string of the molecule is CN1CCC[C@@H](Nc2cc(NC(C)(C)C)nc3cc(-c4ccnn4C4CCCCO4)sc23)C1. The predicted octanol–water partition coefficient (Wildman–Crippen LogP) is 5.58. The molecule has 33 heavy (non-hydrogen) atoms. The molecular formula is C25H36N6OS. The molecule has 8 heteroatoms. The van der Waals surface area contributed by atoms with Crippen molar-refractivity contribution in [3.05, 3.63) is 24.4 Å². The Labute approximate surface area is 200 Å². The summed E-state index contributed by atoms with van der Waals surface area (Å²) in [6.45, 7) is 9.56. The van der Waals surface area contributed by atoms with Gasteiger partial charge in [-0.2, -0.15) is 5.10 Å². The summed E-state index contributed by atoms with van der Waals surface area (Å²) in [7, 11) is 2.21. The van der Waals surface area contributed by atoms with Gasteiger partial charge in [0.15, 0.2) is 6.23 Å². The van der Waals surface area contributed by atoms with Gasteiger partial charge in [-0.3, -0.25) is 0 Å². The molecule has 2 aliphatic rings. The van der Waals surface area contributed by atoms with E-state index in [0.29, 0.717) is 6.04 Å². The number of hydrogen-bond acceptors (Lipinski definition) is 7. The largest absolute Gasteiger partial charge is 0.380 e. The summed E-state index contributed by atoms with van der Waals surface area (Å²) in [6, 6.07) is 6.94. The second-order valence-corrected chi connectivity index (χ2v) is 11.5. The molecule has 0 aromatic carbocycles. The number of rotatable bonds is 5. The second-order valence-electron chi connectivity index (χ2n) is 10.5. The molecular weight excluding hydrogens is 432 g/mol. The maximum absolute atomic E-state index is 6.03. The number of nitrogens with zero attached hydrogens (tertiary/aromatic N) is 4. The number of anilines is 2. The Bertz CT molecular complexity index is 1090. The Morgan fingerprint density at radius 2 is 2.03 bits per heavy atom. The highest BCUT2D eigenvalue weighted by atomic mass is 32.1. The van der Waals surface area contributed by atoms with Crippen LogP contribution in [0.3, 0.4) is 0 Å². The molecule has 7 nitrogen and oxygen atoms in total. The highest BCUT2D eigenvalue weighted by Crippen LogP contribution is 2.40. The van der Waals surface area contributed by atoms with E-state index in [1.807, 2.05) is 6.20 Å². The number of nitrogens with one attached hydrogen (secondary N) is 2. The minimum absolute atomic E-state index is 0.0235. The first-order valence-corrected chi connectivity index (χ1v) is 13.0. The number of hydrogen-bond donors (Lipinski definition) is 2. The summed E-state index contributed by atoms with van der Waals surface area (Å²) in [6.07, 6.45) is 7.66. The van der Waals surface area contributed by atoms with Crippen molar-refractivity contribution in [3.63, 3.8) is 0 Å². The number of fused-ring (bicyclic) bond motifs is 1. The third-order valence-corrected chi connectivity index (χ3v) is 7.50. The van der Waals surface area contributed by atoms with Crippen molar-refractivity contribution >= 4 is 33.1 Å². The monoisotopic (exact) mass is 468 g/mol. The number of ether oxygens (including phenoxy) is 1. The van der Waals surface area contributed by atoms with E-state index in [0.717, 1.165) is 43.0 Å². The Kier molecular flexibility index (Phi) is 6.33. The molecule has 2 atom stereocenters. The number of likely N-dealkylation sites (tertiary alicyclic amines) is 1. The molecule has 0 bridgehead atoms. The average Bonchev–Trinajstić information content (AvgIpc) is 3.40. The van der Waals surface area contributed by atoms with E-state index in [4.69, 9.17) is 9.72 Å². The van der Waals surface area contributed by atoms with Gasteiger partial charge in [-0.1, -0.05) is 0 Å². The van der Waals surface area contributed by atoms with Gasteiger partial charge < -0.3 is 20.3 Å². The van der Waals surface area contributed by atoms with Crippen LogP contribution >= 0.6 is 11.3 Å². The lowest BCUT2D eigenvalue weighted by Crippen LogP contribution is -2.39. The molecule has 1 unspecified atom stereocenters. The first-order valence-electron chi connectivity index (χ1n) is 12.2. The van der Waals surface area contributed by atoms with Crippen molar-refractivity contribution in [2.45, 2.75) is 70.7 Å². The predicted molar refractivity (Wildman–Crippen MR) is 137 cm³/mol. The van der Waals surface area contributed by atoms with Crippen LogP contribution in [0, 0.1) is 0 Å². The first-order chi connectivity index (χ1) is 15.9. The fourth-order valence-electron chi connectivity index (χ4n) is 4.86. The fourth-order valence-corrected chi connectivity index (χ4v) is 5.96. The average molecular weight is 469 g/mol. The number of likely N-dealkylation sites (N-methyl/N-ethyl adjacent to an activating group) is 1. The van der Waals surface area contributed by atoms with Crippen LogP contribution in [0.5, 0.6) is 0 Å². The van der Waals surface area contributed by atoms with Crippen molar-refractivity contribution in [1.29, 1.82) is 0 Å². The first kappa shape index (κ1) is 22.6. The highest BCUT2D eigenvalue weighted by Gasteiger charge is 2.23. The zero-order valence-electron chi connectivity index (χ0n) is 20.2. The Morgan fingerprint density at radius 1 is 1.15 bits per heavy atom. The van der Waals surface area contributed by atoms with Gasteiger partial charge in [-0.25, -0.2) is 9.67 Å². The Balaban J connectivity index is 1.52. The molecule has 0 amide bonds. The molecule has 5 heterocycles. The van der Waals surface area contributed by atoms with Crippen molar-refractivity contribution in [2.75, 3.05) is 37.4 Å². The fraction of sp³-hybridized carbons (Fsp3) is 0.600. The van der Waals surface area contributed by atoms with Crippen LogP contribution in [0.2, 0.25) is 0 Å². The minimum Gasteiger partial charge on any atom is -0.380 e. The number of piperidine rings is 1. The third kappa shape index (κ3) is 5.18. The molecule has 2 N–H and O–H groups in total. The van der Waals surface area contributed by atoms with E-state index in [1.54, 1.807) is 11.3 Å². The van der Waals surface area contributed by atoms with Gasteiger partial charge in [-0.15, -0.1) is 11.3 Å². The molecule has 178 valence electrons. The molecule has 3 aromatic heterocycles. The summed E-state index contributed by atoms with van der Waals surface area (Å²) in [4.78, 5) is 8.58. The van der Waals surface area contributed by atoms with E-state index < -0.39 is 0 Å². The number of thiophene rings is 1. The van der Waals surface area contributed by atoms with E-state index in [2.05, 4.69) is 71.3 Å². The molecule has 0 aliphatic carbocycles. The Morgan fingerprint density at radius 3 is 2.79 bits per heavy atom. The molecule has 2 fully saturated rings. The van der Waals surface area contributed by atoms with Gasteiger partial charge in [0.2, 0.25) is 0 Å². The molecule has 3 aromatic rings. The smallest absolute Gasteiger partial charge is 0.150 e. The lowest BCUT2D eigenvalue weighted by Gasteiger charge is -2.31. The lowest BCUT2D eigenvalue weighted by molar-refractivity contribution is -0.0383. The van der Waals surface area contributed by atoms with Crippen LogP contribution in [-0.2, 0) is 4.74 Å². The van der Waals surface area contributed by atoms with E-state index in [1.165, 1.54) is 41.1 Å². The maximum atomic E-state index is 6.03. The highest BCUT2D eigenvalue weighted by molar-refractivity contribution is 7.22. The van der Waals surface area contributed by atoms with Crippen LogP contribution in [-0.4, -0.2) is 58.0 Å². The van der Waals surface area contributed by atoms with E-state index in [9.17, 15) is 0 Å². The topological polar surface area (TPSA) is 67.2 Å². The minimum atomic E-state index is -0.0568. The summed E-state index contributed by atoms with van der Waals surface area (Å²) in [5.74, 6) is 0.912. The van der Waals surface area contributed by atoms with Crippen molar-refractivity contribution in [2.24, 2.45) is 0 Å². The normalized spacial score (nSPS) is 22.5. The lowest BCUT2D eigenvalue weighted by atomic mass is 10.1. The zero-order valence-corrected chi connectivity index (χ0v) is 21.0. The van der Waals surface area contributed by atoms with Gasteiger partial charge in [0, 0.05) is 37.0 Å². The third-order valence-electron chi connectivity index (χ3n) is 6.32. The molecule has 0 saturated carbocycles. The van der Waals surface area contributed by atoms with Gasteiger partial charge in [0.25, 0.3) is 0 Å². The summed E-state index contributed by atoms with van der Waals surface area (Å²) in [5, 5.41) is 12.1. The standard InChI is InChI=1S/C25H36N6OS/c1-25(2,3)29-22-15-19(27-17-8-7-12-30(4)16-17)24-18(28-22)14-21(33-24)20-10-11-26-31(20)23-9-5-6-13-32-23/h10-11,14-15,17,23H,5-9,12-13,16H2,1-4H3,(H2,27,28,29)/t17-,23?/m1/s1. The second kappa shape index (κ2) is 9.24. The van der Waals surface area contributed by atoms with Crippen LogP contribution in [0.4, 0.5) is 11.5 Å². The van der Waals surface area contributed by atoms with Crippen molar-refractivity contribution < 1.29 is 4.74 Å². The summed E-state index contributed by atoms with van der Waals surface area (Å²) in [5.41, 5.74) is 3.24. The molecule has 2 saturated heterocycles. The van der Waals surface area contributed by atoms with Gasteiger partial charge in [-0.05, 0) is 78.6 Å². The number of aromatic nitrogens is 3. The van der Waals surface area contributed by atoms with E-state index in [-0.39, 0.29) is 11.8 Å². The van der Waals surface area contributed by atoms with Gasteiger partial charge in [0.05, 0.1) is 26.5 Å². The van der Waals surface area contributed by atoms with Crippen LogP contribution < -0.4 is 10.6 Å². The molecule has 0 spiro atoms. The van der Waals surface area contributed by atoms with E-state index >= 15 is 0 Å². The van der Waals surface area contributed by atoms with Crippen LogP contribution in [0.25, 0.3) is 20.8 Å². The molecule has 2 aliphatic heterocycles. The molecule has 0 radical (unpaired) electrons. The van der Waals surface area contributed by atoms with Crippen LogP contribution in [0.15, 0.2) is 24.4 Å². The maximum Gasteiger partial charge on any atom is 0.150 e. The summed E-state index contributed by atoms with van der Waals surface area (Å²) >= 11 is 1.79. The van der Waals surface area contributed by atoms with Crippen LogP contribution in [0.1, 0.15) is 59.1 Å². The van der Waals surface area contributed by atoms with Gasteiger partial charge in [0.1, 0.15) is 5.82 Å².